The van der Waals surface area contributed by atoms with Crippen molar-refractivity contribution in [2.75, 3.05) is 18.1 Å². The molecule has 0 aliphatic rings. The van der Waals surface area contributed by atoms with Crippen LogP contribution in [0, 0.1) is 11.8 Å². The number of rotatable bonds is 18. The number of ether oxygens (including phenoxy) is 2. The van der Waals surface area contributed by atoms with Gasteiger partial charge >= 0.3 is 0 Å². The number of benzene rings is 5. The van der Waals surface area contributed by atoms with E-state index in [0.29, 0.717) is 21.9 Å². The molecule has 0 spiro atoms. The zero-order valence-electron chi connectivity index (χ0n) is 31.1. The fraction of sp³-hybridized carbons (Fsp3) is 0.348. The summed E-state index contributed by atoms with van der Waals surface area (Å²) in [6, 6.07) is 37.8. The van der Waals surface area contributed by atoms with Crippen molar-refractivity contribution in [3.05, 3.63) is 119 Å². The number of halogens is 2. The Bertz CT molecular complexity index is 1900. The van der Waals surface area contributed by atoms with Gasteiger partial charge in [0.2, 0.25) is 0 Å². The van der Waals surface area contributed by atoms with E-state index < -0.39 is 0 Å². The molecule has 272 valence electrons. The lowest BCUT2D eigenvalue weighted by Crippen LogP contribution is -2.12. The molecule has 0 bridgehead atoms. The van der Waals surface area contributed by atoms with Crippen LogP contribution < -0.4 is 14.4 Å². The Hall–Kier alpha value is -4.12. The molecule has 1 heterocycles. The Morgan fingerprint density at radius 2 is 0.942 bits per heavy atom. The molecule has 0 aliphatic heterocycles. The number of nitrogens with zero attached hydrogens (tertiary/aromatic N) is 2. The Labute approximate surface area is 320 Å². The van der Waals surface area contributed by atoms with Crippen LogP contribution in [0.5, 0.6) is 11.5 Å². The number of hydrogen-bond acceptors (Lipinski definition) is 3. The van der Waals surface area contributed by atoms with Crippen LogP contribution in [-0.2, 0) is 0 Å². The van der Waals surface area contributed by atoms with Gasteiger partial charge in [-0.15, -0.1) is 0 Å². The molecule has 6 rings (SSSR count). The van der Waals surface area contributed by atoms with Gasteiger partial charge in [-0.3, -0.25) is 0 Å². The molecule has 2 atom stereocenters. The van der Waals surface area contributed by atoms with Crippen molar-refractivity contribution < 1.29 is 9.47 Å². The fourth-order valence-corrected chi connectivity index (χ4v) is 7.38. The molecule has 0 N–H and O–H groups in total. The van der Waals surface area contributed by atoms with E-state index in [1.807, 2.05) is 24.3 Å². The lowest BCUT2D eigenvalue weighted by Gasteiger charge is -2.26. The van der Waals surface area contributed by atoms with Crippen molar-refractivity contribution in [2.45, 2.75) is 79.1 Å². The van der Waals surface area contributed by atoms with Gasteiger partial charge < -0.3 is 18.9 Å². The molecule has 0 saturated carbocycles. The van der Waals surface area contributed by atoms with Gasteiger partial charge in [-0.05, 0) is 122 Å². The van der Waals surface area contributed by atoms with Crippen molar-refractivity contribution in [3.8, 4) is 17.2 Å². The van der Waals surface area contributed by atoms with E-state index in [-0.39, 0.29) is 0 Å². The second-order valence-corrected chi connectivity index (χ2v) is 14.8. The van der Waals surface area contributed by atoms with Crippen molar-refractivity contribution >= 4 is 62.1 Å². The van der Waals surface area contributed by atoms with E-state index >= 15 is 0 Å². The molecule has 0 radical (unpaired) electrons. The molecule has 52 heavy (non-hydrogen) atoms. The normalized spacial score (nSPS) is 12.7. The van der Waals surface area contributed by atoms with Gasteiger partial charge in [0.05, 0.1) is 24.2 Å². The predicted octanol–water partition coefficient (Wildman–Crippen LogP) is 14.8. The minimum absolute atomic E-state index is 0.580. The van der Waals surface area contributed by atoms with Crippen molar-refractivity contribution in [2.24, 2.45) is 11.8 Å². The van der Waals surface area contributed by atoms with E-state index in [0.717, 1.165) is 82.1 Å². The summed E-state index contributed by atoms with van der Waals surface area (Å²) >= 11 is 13.0. The highest BCUT2D eigenvalue weighted by Gasteiger charge is 2.17. The highest BCUT2D eigenvalue weighted by molar-refractivity contribution is 6.32. The maximum absolute atomic E-state index is 6.52. The number of unbranched alkanes of at least 4 members (excludes halogenated alkanes) is 2. The van der Waals surface area contributed by atoms with Gasteiger partial charge in [0.25, 0.3) is 0 Å². The molecule has 0 amide bonds. The first-order valence-electron chi connectivity index (χ1n) is 19.2. The molecule has 0 saturated heterocycles. The number of anilines is 3. The summed E-state index contributed by atoms with van der Waals surface area (Å²) in [5.74, 6) is 2.96. The quantitative estimate of drug-likeness (QED) is 0.0879. The molecule has 1 aromatic heterocycles. The maximum Gasteiger partial charge on any atom is 0.119 e. The Morgan fingerprint density at radius 1 is 0.538 bits per heavy atom. The lowest BCUT2D eigenvalue weighted by atomic mass is 10.0. The summed E-state index contributed by atoms with van der Waals surface area (Å²) < 4.78 is 14.8. The highest BCUT2D eigenvalue weighted by Crippen LogP contribution is 2.39. The van der Waals surface area contributed by atoms with Crippen LogP contribution >= 0.6 is 23.2 Å². The van der Waals surface area contributed by atoms with Gasteiger partial charge in [0, 0.05) is 43.6 Å². The van der Waals surface area contributed by atoms with E-state index in [1.54, 1.807) is 0 Å². The van der Waals surface area contributed by atoms with Crippen LogP contribution in [0.1, 0.15) is 79.1 Å². The third-order valence-electron chi connectivity index (χ3n) is 10.3. The first-order chi connectivity index (χ1) is 25.4. The smallest absolute Gasteiger partial charge is 0.119 e. The number of aromatic nitrogens is 1. The van der Waals surface area contributed by atoms with Crippen LogP contribution in [0.4, 0.5) is 17.1 Å². The number of hydrogen-bond donors (Lipinski definition) is 0. The largest absolute Gasteiger partial charge is 0.493 e. The molecule has 2 unspecified atom stereocenters. The van der Waals surface area contributed by atoms with E-state index in [2.05, 4.69) is 122 Å². The summed E-state index contributed by atoms with van der Waals surface area (Å²) in [5, 5.41) is 3.67. The Morgan fingerprint density at radius 3 is 1.33 bits per heavy atom. The molecular weight excluding hydrogens is 683 g/mol. The molecule has 5 aromatic carbocycles. The van der Waals surface area contributed by atoms with Gasteiger partial charge in [-0.25, -0.2) is 0 Å². The summed E-state index contributed by atoms with van der Waals surface area (Å²) in [6.07, 6.45) is 9.61. The molecule has 0 fully saturated rings. The Balaban J connectivity index is 1.32. The van der Waals surface area contributed by atoms with Crippen LogP contribution in [-0.4, -0.2) is 17.8 Å². The van der Waals surface area contributed by atoms with E-state index in [9.17, 15) is 0 Å². The van der Waals surface area contributed by atoms with Gasteiger partial charge in [0.15, 0.2) is 0 Å². The second-order valence-electron chi connectivity index (χ2n) is 14.0. The number of fused-ring (bicyclic) bond motifs is 3. The molecule has 6 aromatic rings. The first kappa shape index (κ1) is 37.6. The zero-order chi connectivity index (χ0) is 36.5. The molecule has 0 aliphatic carbocycles. The SMILES string of the molecule is CCCCC(CC)COc1ccc(N(c2ccc(OCC(CC)CCCC)cc2)c2ccc(-n3c4cc(Cl)ccc4c4ccc(Cl)cc43)cc2)cc1. The minimum Gasteiger partial charge on any atom is -0.493 e. The Kier molecular flexibility index (Phi) is 13.1. The van der Waals surface area contributed by atoms with Crippen molar-refractivity contribution in [3.63, 3.8) is 0 Å². The maximum atomic E-state index is 6.52. The fourth-order valence-electron chi connectivity index (χ4n) is 7.05. The van der Waals surface area contributed by atoms with Crippen LogP contribution in [0.25, 0.3) is 27.5 Å². The predicted molar refractivity (Wildman–Crippen MR) is 223 cm³/mol. The third kappa shape index (κ3) is 8.90. The topological polar surface area (TPSA) is 26.6 Å². The summed E-state index contributed by atoms with van der Waals surface area (Å²) in [5.41, 5.74) is 6.25. The second kappa shape index (κ2) is 18.1. The molecule has 4 nitrogen and oxygen atoms in total. The molecular formula is C46H52Cl2N2O2. The standard InChI is InChI=1S/C46H52Cl2N2O2/c1-5-9-11-33(7-3)31-51-41-23-19-38(20-24-41)49(39-21-25-42(26-22-39)52-32-34(8-4)12-10-6-2)37-15-17-40(18-16-37)50-45-29-35(47)13-27-43(45)44-28-14-36(48)30-46(44)50/h13-30,33-34H,5-12,31-32H2,1-4H3. The van der Waals surface area contributed by atoms with Gasteiger partial charge in [0.1, 0.15) is 11.5 Å². The monoisotopic (exact) mass is 734 g/mol. The zero-order valence-corrected chi connectivity index (χ0v) is 32.6. The first-order valence-corrected chi connectivity index (χ1v) is 19.9. The van der Waals surface area contributed by atoms with E-state index in [4.69, 9.17) is 32.7 Å². The summed E-state index contributed by atoms with van der Waals surface area (Å²) in [6.45, 7) is 10.5. The van der Waals surface area contributed by atoms with Crippen LogP contribution in [0.2, 0.25) is 10.0 Å². The van der Waals surface area contributed by atoms with Crippen molar-refractivity contribution in [1.82, 2.24) is 4.57 Å². The van der Waals surface area contributed by atoms with Gasteiger partial charge in [-0.2, -0.15) is 0 Å². The third-order valence-corrected chi connectivity index (χ3v) is 10.8. The average Bonchev–Trinajstić information content (AvgIpc) is 3.48. The molecule has 6 heteroatoms. The van der Waals surface area contributed by atoms with Crippen LogP contribution in [0.3, 0.4) is 0 Å². The van der Waals surface area contributed by atoms with E-state index in [1.165, 1.54) is 38.5 Å². The average molecular weight is 736 g/mol. The van der Waals surface area contributed by atoms with Crippen molar-refractivity contribution in [1.29, 1.82) is 0 Å². The van der Waals surface area contributed by atoms with Gasteiger partial charge in [-0.1, -0.05) is 102 Å². The summed E-state index contributed by atoms with van der Waals surface area (Å²) in [7, 11) is 0. The lowest BCUT2D eigenvalue weighted by molar-refractivity contribution is 0.233. The highest BCUT2D eigenvalue weighted by atomic mass is 35.5. The minimum atomic E-state index is 0.580. The summed E-state index contributed by atoms with van der Waals surface area (Å²) in [4.78, 5) is 2.28. The van der Waals surface area contributed by atoms with Crippen LogP contribution in [0.15, 0.2) is 109 Å².